The van der Waals surface area contributed by atoms with Gasteiger partial charge in [0.05, 0.1) is 4.90 Å². The van der Waals surface area contributed by atoms with Crippen molar-refractivity contribution in [2.24, 2.45) is 0 Å². The van der Waals surface area contributed by atoms with Crippen molar-refractivity contribution < 1.29 is 12.8 Å². The van der Waals surface area contributed by atoms with Crippen molar-refractivity contribution in [2.45, 2.75) is 24.9 Å². The van der Waals surface area contributed by atoms with Crippen molar-refractivity contribution in [1.29, 1.82) is 0 Å². The maximum absolute atomic E-state index is 13.3. The molecule has 8 heteroatoms. The van der Waals surface area contributed by atoms with Gasteiger partial charge in [0, 0.05) is 29.0 Å². The first-order valence-electron chi connectivity index (χ1n) is 9.23. The van der Waals surface area contributed by atoms with Gasteiger partial charge < -0.3 is 4.98 Å². The van der Waals surface area contributed by atoms with Crippen LogP contribution in [-0.4, -0.2) is 17.7 Å². The van der Waals surface area contributed by atoms with E-state index in [1.54, 1.807) is 6.07 Å². The second-order valence-corrected chi connectivity index (χ2v) is 9.99. The highest BCUT2D eigenvalue weighted by molar-refractivity contribution is 7.89. The number of hydrogen-bond donors (Lipinski definition) is 1. The lowest BCUT2D eigenvalue weighted by atomic mass is 10.1. The summed E-state index contributed by atoms with van der Waals surface area (Å²) >= 11 is 1.43. The summed E-state index contributed by atoms with van der Waals surface area (Å²) in [6, 6.07) is 15.8. The normalized spacial score (nSPS) is 12.0. The molecule has 0 spiro atoms. The van der Waals surface area contributed by atoms with Crippen LogP contribution in [0.3, 0.4) is 0 Å². The lowest BCUT2D eigenvalue weighted by molar-refractivity contribution is 0.402. The van der Waals surface area contributed by atoms with E-state index in [9.17, 15) is 17.6 Å². The smallest absolute Gasteiger partial charge is 0.252 e. The number of sulfonamides is 1. The van der Waals surface area contributed by atoms with Crippen LogP contribution in [0.25, 0.3) is 10.9 Å². The number of nitrogens with one attached hydrogen (secondary N) is 1. The largest absolute Gasteiger partial charge is 0.322 e. The first-order valence-corrected chi connectivity index (χ1v) is 11.6. The predicted octanol–water partition coefficient (Wildman–Crippen LogP) is 4.43. The minimum atomic E-state index is -3.95. The fraction of sp³-hybridized carbons (Fsp3) is 0.136. The zero-order chi connectivity index (χ0) is 21.3. The van der Waals surface area contributed by atoms with Crippen LogP contribution < -0.4 is 5.56 Å². The molecule has 30 heavy (non-hydrogen) atoms. The lowest BCUT2D eigenvalue weighted by Crippen LogP contribution is -2.32. The van der Waals surface area contributed by atoms with Crippen LogP contribution in [0.5, 0.6) is 0 Å². The van der Waals surface area contributed by atoms with Crippen LogP contribution in [-0.2, 0) is 23.1 Å². The van der Waals surface area contributed by atoms with Crippen LogP contribution in [0.1, 0.15) is 16.0 Å². The van der Waals surface area contributed by atoms with Gasteiger partial charge in [-0.3, -0.25) is 4.79 Å². The molecule has 2 aromatic heterocycles. The number of rotatable bonds is 6. The highest BCUT2D eigenvalue weighted by atomic mass is 32.2. The third kappa shape index (κ3) is 4.21. The molecule has 0 fully saturated rings. The Hall–Kier alpha value is -2.81. The third-order valence-electron chi connectivity index (χ3n) is 4.79. The quantitative estimate of drug-likeness (QED) is 0.480. The highest BCUT2D eigenvalue weighted by Crippen LogP contribution is 2.23. The van der Waals surface area contributed by atoms with Crippen LogP contribution >= 0.6 is 11.3 Å². The van der Waals surface area contributed by atoms with Gasteiger partial charge in [0.15, 0.2) is 0 Å². The van der Waals surface area contributed by atoms with E-state index in [0.717, 1.165) is 28.0 Å². The molecule has 0 amide bonds. The SMILES string of the molecule is Cc1ccc2cc(CN(Cc3cccs3)S(=O)(=O)c3ccc(F)cc3)c(=O)[nH]c2c1. The van der Waals surface area contributed by atoms with Crippen LogP contribution in [0.2, 0.25) is 0 Å². The summed E-state index contributed by atoms with van der Waals surface area (Å²) in [5.41, 5.74) is 1.73. The second-order valence-electron chi connectivity index (χ2n) is 7.02. The summed E-state index contributed by atoms with van der Waals surface area (Å²) in [5, 5.41) is 2.69. The zero-order valence-electron chi connectivity index (χ0n) is 16.1. The van der Waals surface area contributed by atoms with Crippen molar-refractivity contribution in [3.63, 3.8) is 0 Å². The molecule has 2 aromatic carbocycles. The Morgan fingerprint density at radius 2 is 1.80 bits per heavy atom. The number of H-pyrrole nitrogens is 1. The number of aromatic nitrogens is 1. The van der Waals surface area contributed by atoms with Gasteiger partial charge in [0.1, 0.15) is 5.82 Å². The first kappa shape index (κ1) is 20.5. The number of pyridine rings is 1. The topological polar surface area (TPSA) is 70.2 Å². The zero-order valence-corrected chi connectivity index (χ0v) is 17.8. The number of aromatic amines is 1. The predicted molar refractivity (Wildman–Crippen MR) is 116 cm³/mol. The van der Waals surface area contributed by atoms with Gasteiger partial charge in [-0.05, 0) is 65.7 Å². The molecule has 0 saturated heterocycles. The molecule has 0 radical (unpaired) electrons. The minimum Gasteiger partial charge on any atom is -0.322 e. The average molecular weight is 443 g/mol. The minimum absolute atomic E-state index is 0.0201. The number of thiophene rings is 1. The van der Waals surface area contributed by atoms with E-state index in [1.807, 2.05) is 42.6 Å². The standard InChI is InChI=1S/C22H19FN2O3S2/c1-15-4-5-16-12-17(22(26)24-21(16)11-15)13-25(14-19-3-2-10-29-19)30(27,28)20-8-6-18(23)7-9-20/h2-12H,13-14H2,1H3,(H,24,26). The first-order chi connectivity index (χ1) is 14.3. The van der Waals surface area contributed by atoms with Gasteiger partial charge in [0.25, 0.3) is 5.56 Å². The van der Waals surface area contributed by atoms with E-state index >= 15 is 0 Å². The molecule has 0 aliphatic heterocycles. The van der Waals surface area contributed by atoms with Gasteiger partial charge >= 0.3 is 0 Å². The summed E-state index contributed by atoms with van der Waals surface area (Å²) in [7, 11) is -3.95. The molecular weight excluding hydrogens is 423 g/mol. The lowest BCUT2D eigenvalue weighted by Gasteiger charge is -2.22. The third-order valence-corrected chi connectivity index (χ3v) is 7.46. The molecular formula is C22H19FN2O3S2. The molecule has 0 aliphatic carbocycles. The number of halogens is 1. The van der Waals surface area contributed by atoms with E-state index in [1.165, 1.54) is 27.8 Å². The molecule has 4 aromatic rings. The molecule has 4 rings (SSSR count). The Kier molecular flexibility index (Phi) is 5.55. The van der Waals surface area contributed by atoms with Crippen molar-refractivity contribution in [3.8, 4) is 0 Å². The average Bonchev–Trinajstić information content (AvgIpc) is 3.21. The van der Waals surface area contributed by atoms with Gasteiger partial charge in [-0.15, -0.1) is 11.3 Å². The van der Waals surface area contributed by atoms with Gasteiger partial charge in [-0.2, -0.15) is 4.31 Å². The van der Waals surface area contributed by atoms with E-state index < -0.39 is 15.8 Å². The summed E-state index contributed by atoms with van der Waals surface area (Å²) in [6.07, 6.45) is 0. The van der Waals surface area contributed by atoms with Crippen molar-refractivity contribution in [3.05, 3.63) is 98.2 Å². The van der Waals surface area contributed by atoms with Crippen LogP contribution in [0.15, 0.2) is 75.7 Å². The van der Waals surface area contributed by atoms with Crippen LogP contribution in [0.4, 0.5) is 4.39 Å². The summed E-state index contributed by atoms with van der Waals surface area (Å²) in [5.74, 6) is -0.514. The Morgan fingerprint density at radius 1 is 1.03 bits per heavy atom. The number of aryl methyl sites for hydroxylation is 1. The fourth-order valence-electron chi connectivity index (χ4n) is 3.23. The van der Waals surface area contributed by atoms with Crippen molar-refractivity contribution in [1.82, 2.24) is 9.29 Å². The summed E-state index contributed by atoms with van der Waals surface area (Å²) in [4.78, 5) is 16.3. The Labute approximate surface area is 177 Å². The summed E-state index contributed by atoms with van der Waals surface area (Å²) in [6.45, 7) is 1.95. The fourth-order valence-corrected chi connectivity index (χ4v) is 5.42. The molecule has 5 nitrogen and oxygen atoms in total. The highest BCUT2D eigenvalue weighted by Gasteiger charge is 2.26. The van der Waals surface area contributed by atoms with Gasteiger partial charge in [0.2, 0.25) is 10.0 Å². The molecule has 2 heterocycles. The van der Waals surface area contributed by atoms with Crippen molar-refractivity contribution >= 4 is 32.3 Å². The molecule has 0 saturated carbocycles. The maximum Gasteiger partial charge on any atom is 0.252 e. The van der Waals surface area contributed by atoms with Crippen LogP contribution in [0, 0.1) is 12.7 Å². The maximum atomic E-state index is 13.3. The van der Waals surface area contributed by atoms with Crippen molar-refractivity contribution in [2.75, 3.05) is 0 Å². The summed E-state index contributed by atoms with van der Waals surface area (Å²) < 4.78 is 41.1. The van der Waals surface area contributed by atoms with Gasteiger partial charge in [-0.1, -0.05) is 18.2 Å². The van der Waals surface area contributed by atoms with E-state index in [-0.39, 0.29) is 23.5 Å². The second kappa shape index (κ2) is 8.14. The number of nitrogens with zero attached hydrogens (tertiary/aromatic N) is 1. The molecule has 0 bridgehead atoms. The van der Waals surface area contributed by atoms with E-state index in [2.05, 4.69) is 4.98 Å². The number of fused-ring (bicyclic) bond motifs is 1. The monoisotopic (exact) mass is 442 g/mol. The Morgan fingerprint density at radius 3 is 2.50 bits per heavy atom. The van der Waals surface area contributed by atoms with E-state index in [4.69, 9.17) is 0 Å². The molecule has 154 valence electrons. The molecule has 0 aliphatic rings. The molecule has 1 N–H and O–H groups in total. The number of hydrogen-bond acceptors (Lipinski definition) is 4. The molecule has 0 atom stereocenters. The Balaban J connectivity index is 1.76. The molecule has 0 unspecified atom stereocenters. The Bertz CT molecular complexity index is 1350. The number of benzene rings is 2. The van der Waals surface area contributed by atoms with E-state index in [0.29, 0.717) is 11.1 Å². The van der Waals surface area contributed by atoms with Gasteiger partial charge in [-0.25, -0.2) is 12.8 Å².